The molecule has 2 heterocycles. The van der Waals surface area contributed by atoms with E-state index in [0.717, 1.165) is 52.7 Å². The molecule has 0 aliphatic heterocycles. The molecule has 1 aliphatic carbocycles. The Labute approximate surface area is 276 Å². The van der Waals surface area contributed by atoms with Gasteiger partial charge in [0.15, 0.2) is 0 Å². The fourth-order valence-electron chi connectivity index (χ4n) is 5.13. The molecule has 202 valence electrons. The maximum atomic E-state index is 11.4. The van der Waals surface area contributed by atoms with Crippen molar-refractivity contribution in [2.75, 3.05) is 5.75 Å². The van der Waals surface area contributed by atoms with Crippen LogP contribution < -0.4 is 34.7 Å². The number of aliphatic carboxylic acids is 1. The molecule has 4 aromatic rings. The largest absolute Gasteiger partial charge is 1.00 e. The Morgan fingerprint density at radius 2 is 1.93 bits per heavy atom. The average Bonchev–Trinajstić information content (AvgIpc) is 3.59. The predicted octanol–water partition coefficient (Wildman–Crippen LogP) is 5.68. The summed E-state index contributed by atoms with van der Waals surface area (Å²) >= 11 is 7.20. The minimum Gasteiger partial charge on any atom is -0.550 e. The number of halogens is 1. The average molecular weight is 643 g/mol. The quantitative estimate of drug-likeness (QED) is 0.187. The van der Waals surface area contributed by atoms with Gasteiger partial charge in [-0.25, -0.2) is 4.98 Å². The number of thiophene rings is 1. The van der Waals surface area contributed by atoms with E-state index in [9.17, 15) is 9.90 Å². The number of carboxylic acids is 1. The Kier molecular flexibility index (Phi) is 11.2. The molecule has 1 aliphatic rings. The SMILES string of the molecule is CC(C)c1ccccc1CCC(SCC1(CC(=O)[O-])CC1)c1cccc(/C=C/c2ccc3scc(Br)c3n2)c1.[Na+]. The molecule has 0 radical (unpaired) electrons. The third-order valence-electron chi connectivity index (χ3n) is 7.54. The maximum absolute atomic E-state index is 11.4. The summed E-state index contributed by atoms with van der Waals surface area (Å²) in [5.41, 5.74) is 7.09. The number of benzene rings is 2. The molecule has 1 unspecified atom stereocenters. The smallest absolute Gasteiger partial charge is 0.550 e. The Bertz CT molecular complexity index is 1490. The van der Waals surface area contributed by atoms with Crippen LogP contribution in [0.1, 0.15) is 78.6 Å². The van der Waals surface area contributed by atoms with Crippen molar-refractivity contribution in [2.45, 2.75) is 57.1 Å². The molecule has 0 spiro atoms. The third-order valence-corrected chi connectivity index (χ3v) is 11.1. The van der Waals surface area contributed by atoms with E-state index >= 15 is 0 Å². The van der Waals surface area contributed by atoms with Crippen LogP contribution in [0.25, 0.3) is 22.4 Å². The maximum Gasteiger partial charge on any atom is 1.00 e. The zero-order valence-electron chi connectivity index (χ0n) is 23.4. The number of aryl methyl sites for hydroxylation is 1. The van der Waals surface area contributed by atoms with Crippen LogP contribution in [0.3, 0.4) is 0 Å². The Hall–Kier alpha value is -1.41. The predicted molar refractivity (Wildman–Crippen MR) is 168 cm³/mol. The molecule has 1 atom stereocenters. The van der Waals surface area contributed by atoms with Gasteiger partial charge in [0.1, 0.15) is 0 Å². The molecule has 1 saturated carbocycles. The number of pyridine rings is 1. The minimum absolute atomic E-state index is 0. The molecule has 2 aromatic carbocycles. The van der Waals surface area contributed by atoms with Crippen molar-refractivity contribution < 1.29 is 39.5 Å². The minimum atomic E-state index is -0.927. The molecule has 1 fully saturated rings. The van der Waals surface area contributed by atoms with E-state index in [4.69, 9.17) is 4.98 Å². The van der Waals surface area contributed by atoms with Crippen molar-refractivity contribution in [2.24, 2.45) is 5.41 Å². The van der Waals surface area contributed by atoms with E-state index < -0.39 is 5.97 Å². The van der Waals surface area contributed by atoms with Crippen LogP contribution in [0, 0.1) is 5.41 Å². The second kappa shape index (κ2) is 14.2. The van der Waals surface area contributed by atoms with Crippen LogP contribution in [-0.2, 0) is 11.2 Å². The summed E-state index contributed by atoms with van der Waals surface area (Å²) in [5, 5.41) is 13.7. The van der Waals surface area contributed by atoms with Crippen molar-refractivity contribution in [1.29, 1.82) is 0 Å². The second-order valence-corrected chi connectivity index (χ2v) is 13.9. The van der Waals surface area contributed by atoms with E-state index in [-0.39, 0.29) is 46.6 Å². The van der Waals surface area contributed by atoms with Crippen molar-refractivity contribution in [1.82, 2.24) is 4.98 Å². The van der Waals surface area contributed by atoms with Crippen LogP contribution in [0.5, 0.6) is 0 Å². The van der Waals surface area contributed by atoms with Gasteiger partial charge in [-0.1, -0.05) is 68.5 Å². The number of thioether (sulfide) groups is 1. The topological polar surface area (TPSA) is 53.0 Å². The van der Waals surface area contributed by atoms with E-state index in [1.165, 1.54) is 21.4 Å². The van der Waals surface area contributed by atoms with Gasteiger partial charge in [-0.15, -0.1) is 11.3 Å². The first-order valence-corrected chi connectivity index (χ1v) is 16.3. The van der Waals surface area contributed by atoms with Gasteiger partial charge in [-0.2, -0.15) is 11.8 Å². The number of fused-ring (bicyclic) bond motifs is 1. The number of hydrogen-bond donors (Lipinski definition) is 0. The van der Waals surface area contributed by atoms with Gasteiger partial charge < -0.3 is 9.90 Å². The fourth-order valence-corrected chi connectivity index (χ4v) is 8.17. The van der Waals surface area contributed by atoms with Gasteiger partial charge in [0.25, 0.3) is 0 Å². The first kappa shape index (κ1) is 31.5. The molecule has 3 nitrogen and oxygen atoms in total. The summed E-state index contributed by atoms with van der Waals surface area (Å²) in [7, 11) is 0. The number of rotatable bonds is 12. The Morgan fingerprint density at radius 1 is 1.12 bits per heavy atom. The monoisotopic (exact) mass is 641 g/mol. The summed E-state index contributed by atoms with van der Waals surface area (Å²) in [4.78, 5) is 16.2. The molecule has 5 rings (SSSR count). The number of carboxylic acid groups (broad SMARTS) is 1. The van der Waals surface area contributed by atoms with Gasteiger partial charge in [-0.05, 0) is 106 Å². The fraction of sp³-hybridized carbons (Fsp3) is 0.333. The van der Waals surface area contributed by atoms with Crippen LogP contribution in [0.4, 0.5) is 0 Å². The molecule has 2 aromatic heterocycles. The van der Waals surface area contributed by atoms with Crippen molar-refractivity contribution in [3.63, 3.8) is 0 Å². The number of nitrogens with zero attached hydrogens (tertiary/aromatic N) is 1. The molecule has 0 saturated heterocycles. The zero-order chi connectivity index (χ0) is 27.4. The molecular formula is C33H33BrNNaO2S2. The molecule has 0 N–H and O–H groups in total. The molecular weight excluding hydrogens is 609 g/mol. The number of aromatic nitrogens is 1. The van der Waals surface area contributed by atoms with Crippen molar-refractivity contribution in [3.05, 3.63) is 98.5 Å². The van der Waals surface area contributed by atoms with E-state index in [2.05, 4.69) is 108 Å². The van der Waals surface area contributed by atoms with E-state index in [0.29, 0.717) is 5.92 Å². The summed E-state index contributed by atoms with van der Waals surface area (Å²) in [6, 6.07) is 21.7. The van der Waals surface area contributed by atoms with Crippen molar-refractivity contribution in [3.8, 4) is 0 Å². The van der Waals surface area contributed by atoms with Gasteiger partial charge in [0, 0.05) is 16.6 Å². The number of carbonyl (C=O) groups is 1. The Morgan fingerprint density at radius 3 is 2.67 bits per heavy atom. The van der Waals surface area contributed by atoms with Crippen LogP contribution in [0.2, 0.25) is 0 Å². The standard InChI is InChI=1S/C33H34BrNO2S2.Na/c1-22(2)27-9-4-3-7-24(27)11-14-29(39-21-33(16-17-33)19-31(36)37)25-8-5-6-23(18-25)10-12-26-13-15-30-32(35-26)28(34)20-38-30;/h3-10,12-13,15,18,20,22,29H,11,14,16-17,19,21H2,1-2H3,(H,36,37);/q;+1/p-1/b12-10+;. The molecule has 40 heavy (non-hydrogen) atoms. The van der Waals surface area contributed by atoms with Crippen LogP contribution >= 0.6 is 39.0 Å². The zero-order valence-corrected chi connectivity index (χ0v) is 28.6. The first-order valence-electron chi connectivity index (χ1n) is 13.5. The molecule has 0 amide bonds. The second-order valence-electron chi connectivity index (χ2n) is 10.9. The normalized spacial score (nSPS) is 14.9. The summed E-state index contributed by atoms with van der Waals surface area (Å²) in [5.74, 6) is 0.418. The van der Waals surface area contributed by atoms with Crippen LogP contribution in [0.15, 0.2) is 70.5 Å². The van der Waals surface area contributed by atoms with Crippen LogP contribution in [-0.4, -0.2) is 16.7 Å². The van der Waals surface area contributed by atoms with Gasteiger partial charge >= 0.3 is 29.6 Å². The van der Waals surface area contributed by atoms with Crippen molar-refractivity contribution >= 4 is 67.4 Å². The summed E-state index contributed by atoms with van der Waals surface area (Å²) in [6.45, 7) is 4.50. The number of carbonyl (C=O) groups excluding carboxylic acids is 1. The first-order chi connectivity index (χ1) is 18.8. The summed E-state index contributed by atoms with van der Waals surface area (Å²) < 4.78 is 2.21. The van der Waals surface area contributed by atoms with E-state index in [1.54, 1.807) is 11.3 Å². The van der Waals surface area contributed by atoms with E-state index in [1.807, 2.05) is 11.8 Å². The molecule has 7 heteroatoms. The Balaban J connectivity index is 0.00000370. The van der Waals surface area contributed by atoms with Gasteiger partial charge in [0.2, 0.25) is 0 Å². The van der Waals surface area contributed by atoms with Gasteiger partial charge in [0.05, 0.1) is 20.4 Å². The molecule has 0 bridgehead atoms. The summed E-state index contributed by atoms with van der Waals surface area (Å²) in [6.07, 6.45) is 8.35. The third kappa shape index (κ3) is 8.11. The number of hydrogen-bond acceptors (Lipinski definition) is 5. The van der Waals surface area contributed by atoms with Gasteiger partial charge in [-0.3, -0.25) is 0 Å².